The molecule has 0 N–H and O–H groups in total. The zero-order chi connectivity index (χ0) is 15.6. The number of thioether (sulfide) groups is 1. The lowest BCUT2D eigenvalue weighted by molar-refractivity contribution is -0.165. The van der Waals surface area contributed by atoms with Gasteiger partial charge in [0.05, 0.1) is 5.71 Å². The van der Waals surface area contributed by atoms with Gasteiger partial charge in [-0.05, 0) is 32.0 Å². The van der Waals surface area contributed by atoms with Crippen molar-refractivity contribution in [3.8, 4) is 0 Å². The van der Waals surface area contributed by atoms with Crippen molar-refractivity contribution in [3.63, 3.8) is 0 Å². The van der Waals surface area contributed by atoms with Crippen LogP contribution in [-0.4, -0.2) is 29.6 Å². The molecule has 1 unspecified atom stereocenters. The van der Waals surface area contributed by atoms with Crippen molar-refractivity contribution in [2.24, 2.45) is 5.16 Å². The normalized spacial score (nSPS) is 20.2. The van der Waals surface area contributed by atoms with Gasteiger partial charge in [-0.1, -0.05) is 23.7 Å². The SMILES string of the molecule is COC(C)(C)C(=O)O/N=C1\CC(C)Sc2ccc(Cl)cc21. The lowest BCUT2D eigenvalue weighted by Crippen LogP contribution is -2.34. The summed E-state index contributed by atoms with van der Waals surface area (Å²) in [6.45, 7) is 5.39. The summed E-state index contributed by atoms with van der Waals surface area (Å²) in [4.78, 5) is 18.1. The molecule has 1 heterocycles. The van der Waals surface area contributed by atoms with E-state index in [2.05, 4.69) is 12.1 Å². The molecule has 0 amide bonds. The van der Waals surface area contributed by atoms with E-state index >= 15 is 0 Å². The average molecular weight is 328 g/mol. The maximum atomic E-state index is 11.9. The van der Waals surface area contributed by atoms with Gasteiger partial charge >= 0.3 is 5.97 Å². The van der Waals surface area contributed by atoms with Crippen molar-refractivity contribution in [2.45, 2.75) is 42.9 Å². The molecule has 0 aliphatic carbocycles. The summed E-state index contributed by atoms with van der Waals surface area (Å²) in [6, 6.07) is 5.67. The highest BCUT2D eigenvalue weighted by atomic mass is 35.5. The van der Waals surface area contributed by atoms with Gasteiger partial charge in [0.25, 0.3) is 0 Å². The average Bonchev–Trinajstić information content (AvgIpc) is 2.44. The molecular formula is C15H18ClNO3S. The summed E-state index contributed by atoms with van der Waals surface area (Å²) >= 11 is 7.81. The van der Waals surface area contributed by atoms with E-state index in [1.165, 1.54) is 7.11 Å². The number of halogens is 1. The Morgan fingerprint density at radius 1 is 1.48 bits per heavy atom. The molecule has 0 bridgehead atoms. The van der Waals surface area contributed by atoms with E-state index in [1.54, 1.807) is 25.6 Å². The number of rotatable bonds is 3. The van der Waals surface area contributed by atoms with E-state index in [0.29, 0.717) is 10.3 Å². The van der Waals surface area contributed by atoms with Gasteiger partial charge in [0.15, 0.2) is 5.60 Å². The van der Waals surface area contributed by atoms with Crippen molar-refractivity contribution in [3.05, 3.63) is 28.8 Å². The number of hydrogen-bond donors (Lipinski definition) is 0. The Morgan fingerprint density at radius 2 is 2.19 bits per heavy atom. The Hall–Kier alpha value is -1.04. The van der Waals surface area contributed by atoms with Crippen LogP contribution in [0.3, 0.4) is 0 Å². The van der Waals surface area contributed by atoms with Gasteiger partial charge < -0.3 is 9.57 Å². The molecule has 1 atom stereocenters. The molecule has 0 fully saturated rings. The highest BCUT2D eigenvalue weighted by molar-refractivity contribution is 8.00. The minimum atomic E-state index is -1.02. The first kappa shape index (κ1) is 16.3. The van der Waals surface area contributed by atoms with Gasteiger partial charge in [0.2, 0.25) is 0 Å². The maximum absolute atomic E-state index is 11.9. The van der Waals surface area contributed by atoms with Gasteiger partial charge in [-0.15, -0.1) is 11.8 Å². The second-order valence-electron chi connectivity index (χ2n) is 5.40. The monoisotopic (exact) mass is 327 g/mol. The third-order valence-electron chi connectivity index (χ3n) is 3.30. The van der Waals surface area contributed by atoms with Crippen LogP contribution in [0.25, 0.3) is 0 Å². The number of methoxy groups -OCH3 is 1. The number of carbonyl (C=O) groups excluding carboxylic acids is 1. The molecule has 2 rings (SSSR count). The van der Waals surface area contributed by atoms with Crippen molar-refractivity contribution >= 4 is 35.0 Å². The first-order chi connectivity index (χ1) is 9.83. The molecular weight excluding hydrogens is 310 g/mol. The lowest BCUT2D eigenvalue weighted by Gasteiger charge is -2.23. The third-order valence-corrected chi connectivity index (χ3v) is 4.72. The zero-order valence-corrected chi connectivity index (χ0v) is 14.0. The molecule has 0 saturated carbocycles. The van der Waals surface area contributed by atoms with Gasteiger partial charge in [-0.25, -0.2) is 4.79 Å². The number of nitrogens with zero attached hydrogens (tertiary/aromatic N) is 1. The number of carbonyl (C=O) groups is 1. The summed E-state index contributed by atoms with van der Waals surface area (Å²) in [5.74, 6) is -0.521. The molecule has 0 saturated heterocycles. The van der Waals surface area contributed by atoms with Crippen molar-refractivity contribution in [1.29, 1.82) is 0 Å². The van der Waals surface area contributed by atoms with Crippen LogP contribution in [0, 0.1) is 0 Å². The lowest BCUT2D eigenvalue weighted by atomic mass is 10.1. The first-order valence-corrected chi connectivity index (χ1v) is 7.89. The van der Waals surface area contributed by atoms with Gasteiger partial charge in [0.1, 0.15) is 0 Å². The van der Waals surface area contributed by atoms with Gasteiger partial charge in [-0.2, -0.15) is 0 Å². The molecule has 1 aliphatic rings. The van der Waals surface area contributed by atoms with Crippen LogP contribution in [0.1, 0.15) is 32.8 Å². The Labute approximate surface area is 133 Å². The van der Waals surface area contributed by atoms with Crippen LogP contribution >= 0.6 is 23.4 Å². The van der Waals surface area contributed by atoms with Gasteiger partial charge in [0, 0.05) is 34.3 Å². The Morgan fingerprint density at radius 3 is 2.86 bits per heavy atom. The van der Waals surface area contributed by atoms with E-state index in [9.17, 15) is 4.79 Å². The molecule has 4 nitrogen and oxygen atoms in total. The van der Waals surface area contributed by atoms with E-state index in [4.69, 9.17) is 21.2 Å². The van der Waals surface area contributed by atoms with Crippen molar-refractivity contribution < 1.29 is 14.4 Å². The highest BCUT2D eigenvalue weighted by Gasteiger charge is 2.30. The van der Waals surface area contributed by atoms with Crippen LogP contribution < -0.4 is 0 Å². The Balaban J connectivity index is 2.26. The smallest absolute Gasteiger partial charge is 0.365 e. The number of oxime groups is 1. The number of benzene rings is 1. The minimum absolute atomic E-state index is 0.367. The van der Waals surface area contributed by atoms with Gasteiger partial charge in [-0.3, -0.25) is 0 Å². The summed E-state index contributed by atoms with van der Waals surface area (Å²) in [5.41, 5.74) is 0.642. The molecule has 1 aliphatic heterocycles. The Bertz CT molecular complexity index is 586. The van der Waals surface area contributed by atoms with Crippen LogP contribution in [-0.2, 0) is 14.4 Å². The van der Waals surface area contributed by atoms with Crippen LogP contribution in [0.2, 0.25) is 5.02 Å². The second-order valence-corrected chi connectivity index (χ2v) is 7.32. The van der Waals surface area contributed by atoms with E-state index in [1.807, 2.05) is 18.2 Å². The summed E-state index contributed by atoms with van der Waals surface area (Å²) in [5, 5.41) is 5.05. The molecule has 21 heavy (non-hydrogen) atoms. The largest absolute Gasteiger partial charge is 0.367 e. The van der Waals surface area contributed by atoms with E-state index in [0.717, 1.165) is 22.6 Å². The summed E-state index contributed by atoms with van der Waals surface area (Å²) in [6.07, 6.45) is 0.721. The Kier molecular flexibility index (Phi) is 4.96. The molecule has 0 radical (unpaired) electrons. The first-order valence-electron chi connectivity index (χ1n) is 6.63. The fourth-order valence-electron chi connectivity index (χ4n) is 1.85. The molecule has 1 aromatic carbocycles. The molecule has 114 valence electrons. The predicted octanol–water partition coefficient (Wildman–Crippen LogP) is 3.90. The highest BCUT2D eigenvalue weighted by Crippen LogP contribution is 2.36. The topological polar surface area (TPSA) is 47.9 Å². The summed E-state index contributed by atoms with van der Waals surface area (Å²) in [7, 11) is 1.46. The van der Waals surface area contributed by atoms with E-state index < -0.39 is 11.6 Å². The fraction of sp³-hybridized carbons (Fsp3) is 0.467. The van der Waals surface area contributed by atoms with Crippen LogP contribution in [0.15, 0.2) is 28.3 Å². The van der Waals surface area contributed by atoms with Crippen molar-refractivity contribution in [1.82, 2.24) is 0 Å². The molecule has 0 spiro atoms. The molecule has 6 heteroatoms. The molecule has 0 aromatic heterocycles. The number of ether oxygens (including phenoxy) is 1. The predicted molar refractivity (Wildman–Crippen MR) is 85.1 cm³/mol. The number of hydrogen-bond acceptors (Lipinski definition) is 5. The van der Waals surface area contributed by atoms with E-state index in [-0.39, 0.29) is 0 Å². The number of fused-ring (bicyclic) bond motifs is 1. The zero-order valence-electron chi connectivity index (χ0n) is 12.5. The second kappa shape index (κ2) is 6.38. The maximum Gasteiger partial charge on any atom is 0.365 e. The molecule has 1 aromatic rings. The summed E-state index contributed by atoms with van der Waals surface area (Å²) < 4.78 is 5.08. The standard InChI is InChI=1S/C15H18ClNO3S/c1-9-7-12(17-20-14(18)15(2,3)19-4)11-8-10(16)5-6-13(11)21-9/h5-6,8-9H,7H2,1-4H3/b17-12+. The third kappa shape index (κ3) is 3.78. The quantitative estimate of drug-likeness (QED) is 0.624. The van der Waals surface area contributed by atoms with Crippen LogP contribution in [0.4, 0.5) is 0 Å². The fourth-order valence-corrected chi connectivity index (χ4v) is 3.14. The van der Waals surface area contributed by atoms with Crippen molar-refractivity contribution in [2.75, 3.05) is 7.11 Å². The minimum Gasteiger partial charge on any atom is -0.367 e. The van der Waals surface area contributed by atoms with Crippen LogP contribution in [0.5, 0.6) is 0 Å².